The summed E-state index contributed by atoms with van der Waals surface area (Å²) in [5, 5.41) is 10.1. The molecule has 0 fully saturated rings. The van der Waals surface area contributed by atoms with Gasteiger partial charge in [0.1, 0.15) is 6.61 Å². The maximum Gasteiger partial charge on any atom is 0.469 e. The number of hydrogen-bond donors (Lipinski definition) is 2. The van der Waals surface area contributed by atoms with Gasteiger partial charge in [-0.05, 0) is 0 Å². The van der Waals surface area contributed by atoms with Gasteiger partial charge in [0.05, 0.1) is 0 Å². The molecule has 0 aromatic heterocycles. The minimum absolute atomic E-state index is 0.174. The van der Waals surface area contributed by atoms with Crippen molar-refractivity contribution in [1.29, 1.82) is 0 Å². The molecule has 0 bridgehead atoms. The highest BCUT2D eigenvalue weighted by molar-refractivity contribution is 7.46. The maximum absolute atomic E-state index is 10.1. The Balaban J connectivity index is 3.90. The summed E-state index contributed by atoms with van der Waals surface area (Å²) in [7, 11) is -4.58. The highest BCUT2D eigenvalue weighted by Crippen LogP contribution is 2.35. The molecule has 0 heterocycles. The first-order valence-electron chi connectivity index (χ1n) is 3.20. The number of rotatable bonds is 5. The molecule has 7 nitrogen and oxygen atoms in total. The third kappa shape index (κ3) is 5.20. The fraction of sp³-hybridized carbons (Fsp3) is 1.00. The number of nitrogens with zero attached hydrogens (tertiary/aromatic N) is 1. The lowest BCUT2D eigenvalue weighted by molar-refractivity contribution is -0.525. The van der Waals surface area contributed by atoms with Crippen LogP contribution in [0.3, 0.4) is 0 Å². The molecule has 12 heavy (non-hydrogen) atoms. The Kier molecular flexibility index (Phi) is 4.33. The summed E-state index contributed by atoms with van der Waals surface area (Å²) < 4.78 is 14.1. The quantitative estimate of drug-likeness (QED) is 0.370. The van der Waals surface area contributed by atoms with Gasteiger partial charge in [0, 0.05) is 11.3 Å². The Labute approximate surface area is 68.7 Å². The van der Waals surface area contributed by atoms with Crippen LogP contribution in [0.15, 0.2) is 0 Å². The number of phosphoric acid groups is 1. The summed E-state index contributed by atoms with van der Waals surface area (Å²) in [5.41, 5.74) is 0. The minimum Gasteiger partial charge on any atom is -0.303 e. The van der Waals surface area contributed by atoms with Gasteiger partial charge in [0.2, 0.25) is 6.04 Å². The van der Waals surface area contributed by atoms with Crippen LogP contribution in [0.25, 0.3) is 0 Å². The van der Waals surface area contributed by atoms with E-state index in [0.29, 0.717) is 0 Å². The monoisotopic (exact) mass is 199 g/mol. The molecule has 0 saturated carbocycles. The summed E-state index contributed by atoms with van der Waals surface area (Å²) in [6, 6.07) is -1.06. The summed E-state index contributed by atoms with van der Waals surface area (Å²) >= 11 is 0. The Morgan fingerprint density at radius 3 is 2.42 bits per heavy atom. The maximum atomic E-state index is 10.1. The summed E-state index contributed by atoms with van der Waals surface area (Å²) in [4.78, 5) is 25.9. The van der Waals surface area contributed by atoms with Crippen molar-refractivity contribution in [2.45, 2.75) is 19.4 Å². The Morgan fingerprint density at radius 2 is 2.17 bits per heavy atom. The van der Waals surface area contributed by atoms with Crippen LogP contribution in [0.1, 0.15) is 13.3 Å². The molecule has 0 aliphatic heterocycles. The van der Waals surface area contributed by atoms with Crippen molar-refractivity contribution in [3.05, 3.63) is 10.1 Å². The molecule has 0 radical (unpaired) electrons. The number of phosphoric ester groups is 1. The molecule has 72 valence electrons. The highest BCUT2D eigenvalue weighted by atomic mass is 31.2. The second-order valence-electron chi connectivity index (χ2n) is 2.13. The van der Waals surface area contributed by atoms with E-state index >= 15 is 0 Å². The minimum atomic E-state index is -4.58. The molecule has 8 heteroatoms. The van der Waals surface area contributed by atoms with Gasteiger partial charge in [-0.3, -0.25) is 14.6 Å². The van der Waals surface area contributed by atoms with Gasteiger partial charge in [-0.25, -0.2) is 4.57 Å². The van der Waals surface area contributed by atoms with E-state index in [9.17, 15) is 14.7 Å². The van der Waals surface area contributed by atoms with Crippen LogP contribution in [0.2, 0.25) is 0 Å². The molecule has 0 spiro atoms. The summed E-state index contributed by atoms with van der Waals surface area (Å²) in [6.07, 6.45) is 0.174. The average molecular weight is 199 g/mol. The predicted molar refractivity (Wildman–Crippen MR) is 39.1 cm³/mol. The zero-order valence-corrected chi connectivity index (χ0v) is 7.31. The first kappa shape index (κ1) is 11.5. The smallest absolute Gasteiger partial charge is 0.303 e. The molecular formula is C4H10NO6P. The third-order valence-corrected chi connectivity index (χ3v) is 1.69. The Bertz CT molecular complexity index is 200. The van der Waals surface area contributed by atoms with Crippen LogP contribution in [-0.4, -0.2) is 27.4 Å². The first-order chi connectivity index (χ1) is 5.37. The number of nitro groups is 1. The zero-order chi connectivity index (χ0) is 9.78. The predicted octanol–water partition coefficient (Wildman–Crippen LogP) is 0.151. The lowest BCUT2D eigenvalue weighted by Gasteiger charge is -2.07. The largest absolute Gasteiger partial charge is 0.469 e. The third-order valence-electron chi connectivity index (χ3n) is 1.20. The van der Waals surface area contributed by atoms with E-state index in [2.05, 4.69) is 4.52 Å². The van der Waals surface area contributed by atoms with E-state index < -0.39 is 25.4 Å². The molecule has 1 unspecified atom stereocenters. The SMILES string of the molecule is CCC(COP(=O)(O)O)[N+](=O)[O-]. The van der Waals surface area contributed by atoms with Gasteiger partial charge in [-0.2, -0.15) is 0 Å². The molecule has 1 atom stereocenters. The van der Waals surface area contributed by atoms with E-state index in [1.807, 2.05) is 0 Å². The second kappa shape index (κ2) is 4.51. The zero-order valence-electron chi connectivity index (χ0n) is 6.41. The van der Waals surface area contributed by atoms with Crippen LogP contribution in [0.5, 0.6) is 0 Å². The van der Waals surface area contributed by atoms with Crippen LogP contribution in [0, 0.1) is 10.1 Å². The lowest BCUT2D eigenvalue weighted by Crippen LogP contribution is -2.23. The van der Waals surface area contributed by atoms with Crippen LogP contribution in [-0.2, 0) is 9.09 Å². The Hall–Kier alpha value is -0.490. The molecule has 0 rings (SSSR count). The van der Waals surface area contributed by atoms with Gasteiger partial charge in [0.25, 0.3) is 0 Å². The molecular weight excluding hydrogens is 189 g/mol. The highest BCUT2D eigenvalue weighted by Gasteiger charge is 2.23. The standard InChI is InChI=1S/C4H10NO6P/c1-2-4(5(6)7)3-11-12(8,9)10/h4H,2-3H2,1H3,(H2,8,9,10). The Morgan fingerprint density at radius 1 is 1.67 bits per heavy atom. The van der Waals surface area contributed by atoms with Gasteiger partial charge >= 0.3 is 7.82 Å². The van der Waals surface area contributed by atoms with Gasteiger partial charge in [-0.15, -0.1) is 0 Å². The molecule has 0 saturated heterocycles. The van der Waals surface area contributed by atoms with Crippen molar-refractivity contribution in [2.75, 3.05) is 6.61 Å². The molecule has 0 aliphatic carbocycles. The molecule has 0 aliphatic rings. The van der Waals surface area contributed by atoms with Crippen molar-refractivity contribution in [2.24, 2.45) is 0 Å². The van der Waals surface area contributed by atoms with Crippen molar-refractivity contribution in [3.63, 3.8) is 0 Å². The van der Waals surface area contributed by atoms with Crippen LogP contribution >= 0.6 is 7.82 Å². The van der Waals surface area contributed by atoms with Crippen molar-refractivity contribution >= 4 is 7.82 Å². The number of hydrogen-bond acceptors (Lipinski definition) is 4. The van der Waals surface area contributed by atoms with Crippen LogP contribution < -0.4 is 0 Å². The lowest BCUT2D eigenvalue weighted by atomic mass is 10.3. The molecule has 0 amide bonds. The normalized spacial score (nSPS) is 14.2. The molecule has 0 aromatic carbocycles. The van der Waals surface area contributed by atoms with Crippen molar-refractivity contribution < 1.29 is 23.8 Å². The summed E-state index contributed by atoms with van der Waals surface area (Å²) in [5.74, 6) is 0. The van der Waals surface area contributed by atoms with E-state index in [1.165, 1.54) is 6.92 Å². The fourth-order valence-corrected chi connectivity index (χ4v) is 0.877. The average Bonchev–Trinajstić information content (AvgIpc) is 1.85. The fourth-order valence-electron chi connectivity index (χ4n) is 0.511. The van der Waals surface area contributed by atoms with Crippen molar-refractivity contribution in [1.82, 2.24) is 0 Å². The summed E-state index contributed by atoms with van der Waals surface area (Å²) in [6.45, 7) is 0.976. The first-order valence-corrected chi connectivity index (χ1v) is 4.73. The molecule has 0 aromatic rings. The van der Waals surface area contributed by atoms with E-state index in [0.717, 1.165) is 0 Å². The van der Waals surface area contributed by atoms with Crippen molar-refractivity contribution in [3.8, 4) is 0 Å². The van der Waals surface area contributed by atoms with Gasteiger partial charge in [-0.1, -0.05) is 6.92 Å². The van der Waals surface area contributed by atoms with Gasteiger partial charge in [0.15, 0.2) is 0 Å². The molecule has 2 N–H and O–H groups in total. The van der Waals surface area contributed by atoms with E-state index in [-0.39, 0.29) is 6.42 Å². The van der Waals surface area contributed by atoms with E-state index in [4.69, 9.17) is 9.79 Å². The second-order valence-corrected chi connectivity index (χ2v) is 3.37. The topological polar surface area (TPSA) is 110 Å². The van der Waals surface area contributed by atoms with Gasteiger partial charge < -0.3 is 9.79 Å². The van der Waals surface area contributed by atoms with E-state index in [1.54, 1.807) is 0 Å². The van der Waals surface area contributed by atoms with Crippen LogP contribution in [0.4, 0.5) is 0 Å².